The lowest BCUT2D eigenvalue weighted by molar-refractivity contribution is 0.0816. The molecule has 0 saturated carbocycles. The Balaban J connectivity index is 0.000000188. The smallest absolute Gasteiger partial charge is 0.140 e. The molecule has 8 rings (SSSR count). The van der Waals surface area contributed by atoms with Gasteiger partial charge in [-0.1, -0.05) is 105 Å². The second-order valence-electron chi connectivity index (χ2n) is 16.1. The maximum absolute atomic E-state index is 6.06. The Morgan fingerprint density at radius 1 is 0.600 bits per heavy atom. The van der Waals surface area contributed by atoms with Crippen LogP contribution in [0.3, 0.4) is 0 Å². The number of ether oxygens (including phenoxy) is 1. The zero-order valence-electron chi connectivity index (χ0n) is 35.1. The lowest BCUT2D eigenvalue weighted by Gasteiger charge is -2.20. The first-order chi connectivity index (χ1) is 29.0. The van der Waals surface area contributed by atoms with Gasteiger partial charge in [0.15, 0.2) is 0 Å². The van der Waals surface area contributed by atoms with Gasteiger partial charge in [0.1, 0.15) is 6.73 Å². The van der Waals surface area contributed by atoms with Crippen LogP contribution >= 0.6 is 0 Å². The molecule has 9 nitrogen and oxygen atoms in total. The molecule has 2 aromatic heterocycles. The maximum Gasteiger partial charge on any atom is 0.140 e. The van der Waals surface area contributed by atoms with Gasteiger partial charge in [0, 0.05) is 73.7 Å². The van der Waals surface area contributed by atoms with Gasteiger partial charge in [-0.25, -0.2) is 4.68 Å². The van der Waals surface area contributed by atoms with Crippen LogP contribution in [0.1, 0.15) is 22.5 Å². The van der Waals surface area contributed by atoms with Crippen LogP contribution in [0.4, 0.5) is 34.1 Å². The van der Waals surface area contributed by atoms with Crippen molar-refractivity contribution in [3.8, 4) is 0 Å². The minimum atomic E-state index is -1.14. The van der Waals surface area contributed by atoms with Gasteiger partial charge in [0.05, 0.1) is 22.4 Å². The predicted molar refractivity (Wildman–Crippen MR) is 259 cm³/mol. The summed E-state index contributed by atoms with van der Waals surface area (Å²) in [6.45, 7) is 8.29. The van der Waals surface area contributed by atoms with Crippen molar-refractivity contribution in [2.24, 2.45) is 0 Å². The Labute approximate surface area is 354 Å². The van der Waals surface area contributed by atoms with Crippen molar-refractivity contribution in [2.45, 2.75) is 32.4 Å². The van der Waals surface area contributed by atoms with E-state index in [0.717, 1.165) is 91.1 Å². The molecule has 60 heavy (non-hydrogen) atoms. The molecule has 0 bridgehead atoms. The average molecular weight is 811 g/mol. The van der Waals surface area contributed by atoms with E-state index in [0.29, 0.717) is 6.73 Å². The van der Waals surface area contributed by atoms with Gasteiger partial charge in [0.25, 0.3) is 0 Å². The number of benzene rings is 6. The van der Waals surface area contributed by atoms with Crippen molar-refractivity contribution < 1.29 is 4.74 Å². The van der Waals surface area contributed by atoms with E-state index in [4.69, 9.17) is 21.3 Å². The van der Waals surface area contributed by atoms with Crippen LogP contribution in [0, 0.1) is 0 Å². The summed E-state index contributed by atoms with van der Waals surface area (Å²) in [6.07, 6.45) is 8.29. The fourth-order valence-electron chi connectivity index (χ4n) is 6.76. The summed E-state index contributed by atoms with van der Waals surface area (Å²) in [5, 5.41) is 14.7. The van der Waals surface area contributed by atoms with Crippen molar-refractivity contribution in [1.82, 2.24) is 20.0 Å². The Morgan fingerprint density at radius 3 is 1.70 bits per heavy atom. The van der Waals surface area contributed by atoms with Gasteiger partial charge < -0.3 is 26.0 Å². The summed E-state index contributed by atoms with van der Waals surface area (Å²) in [5.74, 6) is 0. The highest BCUT2D eigenvalue weighted by Gasteiger charge is 2.15. The first-order valence-electron chi connectivity index (χ1n) is 20.2. The van der Waals surface area contributed by atoms with Crippen LogP contribution < -0.4 is 21.3 Å². The van der Waals surface area contributed by atoms with E-state index < -0.39 is 8.07 Å². The molecular formula is C50H54N8OSi. The molecule has 0 fully saturated rings. The van der Waals surface area contributed by atoms with Crippen LogP contribution in [0.25, 0.3) is 46.1 Å². The first kappa shape index (κ1) is 41.3. The number of hydrogen-bond donors (Lipinski definition) is 3. The van der Waals surface area contributed by atoms with Gasteiger partial charge in [0.2, 0.25) is 0 Å². The molecule has 0 aliphatic carbocycles. The molecule has 2 heterocycles. The van der Waals surface area contributed by atoms with Gasteiger partial charge in [-0.15, -0.1) is 0 Å². The Bertz CT molecular complexity index is 2720. The Kier molecular flexibility index (Phi) is 12.9. The molecule has 0 radical (unpaired) electrons. The highest BCUT2D eigenvalue weighted by molar-refractivity contribution is 6.76. The third-order valence-electron chi connectivity index (χ3n) is 10.3. The van der Waals surface area contributed by atoms with Gasteiger partial charge in [-0.2, -0.15) is 10.2 Å². The number of nitrogens with one attached hydrogen (secondary N) is 1. The molecule has 6 aromatic carbocycles. The van der Waals surface area contributed by atoms with Crippen molar-refractivity contribution in [3.63, 3.8) is 0 Å². The van der Waals surface area contributed by atoms with Crippen LogP contribution in [0.15, 0.2) is 146 Å². The minimum Gasteiger partial charge on any atom is -0.399 e. The highest BCUT2D eigenvalue weighted by Crippen LogP contribution is 2.31. The van der Waals surface area contributed by atoms with E-state index in [1.165, 1.54) is 0 Å². The number of rotatable bonds is 13. The highest BCUT2D eigenvalue weighted by atomic mass is 28.3. The normalized spacial score (nSPS) is 11.7. The number of aromatic amines is 1. The number of nitrogens with zero attached hydrogens (tertiary/aromatic N) is 5. The maximum atomic E-state index is 6.06. The number of hydrogen-bond acceptors (Lipinski definition) is 7. The fraction of sp³-hybridized carbons (Fsp3) is 0.160. The SMILES string of the molecule is CN(c1cccc(N)c1)c1ccc2c(/C=C/c3ccccc3)n[nH]c2c1.CN(c1cccc(N)c1)c1ccc2c(/C=C/c3ccccc3)nn(COCC[Si](C)(C)C)c2c1. The number of H-pyrrole nitrogens is 1. The molecular weight excluding hydrogens is 757 g/mol. The number of fused-ring (bicyclic) bond motifs is 2. The van der Waals surface area contributed by atoms with E-state index in [-0.39, 0.29) is 0 Å². The second kappa shape index (κ2) is 18.8. The summed E-state index contributed by atoms with van der Waals surface area (Å²) in [6, 6.07) is 50.2. The minimum absolute atomic E-state index is 0.436. The Morgan fingerprint density at radius 2 is 1.13 bits per heavy atom. The number of nitrogen functional groups attached to an aromatic ring is 2. The summed E-state index contributed by atoms with van der Waals surface area (Å²) < 4.78 is 8.03. The van der Waals surface area contributed by atoms with Crippen LogP contribution in [0.5, 0.6) is 0 Å². The van der Waals surface area contributed by atoms with E-state index in [1.54, 1.807) is 0 Å². The number of nitrogens with two attached hydrogens (primary N) is 2. The second-order valence-corrected chi connectivity index (χ2v) is 21.7. The molecule has 0 aliphatic rings. The molecule has 0 amide bonds. The summed E-state index contributed by atoms with van der Waals surface area (Å²) >= 11 is 0. The zero-order chi connectivity index (χ0) is 42.1. The third-order valence-corrected chi connectivity index (χ3v) is 12.0. The molecule has 0 atom stereocenters. The van der Waals surface area contributed by atoms with E-state index in [2.05, 4.69) is 132 Å². The van der Waals surface area contributed by atoms with Gasteiger partial charge in [-0.3, -0.25) is 5.10 Å². The summed E-state index contributed by atoms with van der Waals surface area (Å²) in [7, 11) is 2.94. The first-order valence-corrected chi connectivity index (χ1v) is 23.9. The number of anilines is 6. The van der Waals surface area contributed by atoms with Crippen molar-refractivity contribution in [3.05, 3.63) is 168 Å². The van der Waals surface area contributed by atoms with E-state index in [1.807, 2.05) is 96.7 Å². The molecule has 8 aromatic rings. The average Bonchev–Trinajstić information content (AvgIpc) is 3.83. The van der Waals surface area contributed by atoms with Gasteiger partial charge >= 0.3 is 0 Å². The molecule has 0 saturated heterocycles. The topological polar surface area (TPSA) is 114 Å². The van der Waals surface area contributed by atoms with Crippen LogP contribution in [0.2, 0.25) is 25.7 Å². The Hall–Kier alpha value is -6.88. The van der Waals surface area contributed by atoms with Crippen molar-refractivity contribution >= 4 is 88.3 Å². The quantitative estimate of drug-likeness (QED) is 0.0603. The summed E-state index contributed by atoms with van der Waals surface area (Å²) in [5.41, 5.74) is 23.9. The fourth-order valence-corrected chi connectivity index (χ4v) is 7.51. The lowest BCUT2D eigenvalue weighted by atomic mass is 10.1. The van der Waals surface area contributed by atoms with E-state index >= 15 is 0 Å². The van der Waals surface area contributed by atoms with E-state index in [9.17, 15) is 0 Å². The standard InChI is InChI=1S/C28H34N4OSi.C22H20N4/c1-31(24-12-8-11-23(29)19-24)25-14-15-26-27(16-13-22-9-6-5-7-10-22)30-32(28(26)20-25)21-33-17-18-34(2,3)4;1-26(18-9-5-8-17(23)14-18)19-11-12-20-21(24-25-22(20)15-19)13-10-16-6-3-2-4-7-16/h5-16,19-20H,17-18,21,29H2,1-4H3;2-15H,23H2,1H3,(H,24,25)/b16-13+;13-10+. The monoisotopic (exact) mass is 810 g/mol. The molecule has 10 heteroatoms. The number of aromatic nitrogens is 4. The third kappa shape index (κ3) is 10.6. The predicted octanol–water partition coefficient (Wildman–Crippen LogP) is 12.0. The lowest BCUT2D eigenvalue weighted by Crippen LogP contribution is -2.22. The van der Waals surface area contributed by atoms with Crippen molar-refractivity contribution in [2.75, 3.05) is 42.0 Å². The molecule has 304 valence electrons. The largest absolute Gasteiger partial charge is 0.399 e. The van der Waals surface area contributed by atoms with Gasteiger partial charge in [-0.05, 0) is 102 Å². The zero-order valence-corrected chi connectivity index (χ0v) is 36.1. The molecule has 0 spiro atoms. The molecule has 5 N–H and O–H groups in total. The molecule has 0 unspecified atom stereocenters. The summed E-state index contributed by atoms with van der Waals surface area (Å²) in [4.78, 5) is 4.24. The van der Waals surface area contributed by atoms with Crippen LogP contribution in [-0.4, -0.2) is 48.8 Å². The molecule has 0 aliphatic heterocycles. The van der Waals surface area contributed by atoms with Crippen molar-refractivity contribution in [1.29, 1.82) is 0 Å². The van der Waals surface area contributed by atoms with Crippen LogP contribution in [-0.2, 0) is 11.5 Å².